The second-order valence-electron chi connectivity index (χ2n) is 8.17. The molecule has 0 bridgehead atoms. The number of nitrogens with zero attached hydrogens (tertiary/aromatic N) is 1. The molecule has 3 rings (SSSR count). The number of hydrogen-bond donors (Lipinski definition) is 1. The first-order valence-corrected chi connectivity index (χ1v) is 13.5. The smallest absolute Gasteiger partial charge is 0.243 e. The fourth-order valence-electron chi connectivity index (χ4n) is 3.66. The highest BCUT2D eigenvalue weighted by atomic mass is 35.5. The van der Waals surface area contributed by atoms with Gasteiger partial charge in [0.05, 0.1) is 5.75 Å². The van der Waals surface area contributed by atoms with Gasteiger partial charge in [-0.2, -0.15) is 0 Å². The minimum absolute atomic E-state index is 0.144. The van der Waals surface area contributed by atoms with Gasteiger partial charge < -0.3 is 10.2 Å². The van der Waals surface area contributed by atoms with Crippen LogP contribution in [0.5, 0.6) is 0 Å². The van der Waals surface area contributed by atoms with Gasteiger partial charge in [-0.05, 0) is 36.2 Å². The summed E-state index contributed by atoms with van der Waals surface area (Å²) in [5.41, 5.74) is 1.61. The second kappa shape index (κ2) is 14.2. The predicted molar refractivity (Wildman–Crippen MR) is 146 cm³/mol. The number of amides is 2. The molecule has 0 fully saturated rings. The first-order chi connectivity index (χ1) is 17.0. The van der Waals surface area contributed by atoms with Crippen LogP contribution in [0.3, 0.4) is 0 Å². The van der Waals surface area contributed by atoms with E-state index in [1.165, 1.54) is 11.8 Å². The Bertz CT molecular complexity index is 1080. The second-order valence-corrected chi connectivity index (χ2v) is 10.0. The SMILES string of the molecule is CCCCNC(=O)C(Cc1ccccc1)N(Cc1c(Cl)cccc1Cl)C(=O)CSc1ccccc1. The monoisotopic (exact) mass is 528 g/mol. The van der Waals surface area contributed by atoms with Gasteiger partial charge in [0.25, 0.3) is 0 Å². The summed E-state index contributed by atoms with van der Waals surface area (Å²) >= 11 is 14.4. The number of nitrogens with one attached hydrogen (secondary N) is 1. The average molecular weight is 530 g/mol. The maximum absolute atomic E-state index is 13.6. The molecule has 3 aromatic carbocycles. The van der Waals surface area contributed by atoms with Crippen LogP contribution in [0, 0.1) is 0 Å². The topological polar surface area (TPSA) is 49.4 Å². The van der Waals surface area contributed by atoms with E-state index in [0.29, 0.717) is 28.6 Å². The molecule has 0 aliphatic rings. The van der Waals surface area contributed by atoms with Crippen molar-refractivity contribution in [1.82, 2.24) is 10.2 Å². The quantitative estimate of drug-likeness (QED) is 0.211. The van der Waals surface area contributed by atoms with E-state index in [1.807, 2.05) is 60.7 Å². The van der Waals surface area contributed by atoms with Crippen molar-refractivity contribution in [3.63, 3.8) is 0 Å². The third-order valence-electron chi connectivity index (χ3n) is 5.60. The molecule has 0 aliphatic heterocycles. The summed E-state index contributed by atoms with van der Waals surface area (Å²) < 4.78 is 0. The summed E-state index contributed by atoms with van der Waals surface area (Å²) in [5.74, 6) is -0.135. The number of thioether (sulfide) groups is 1. The van der Waals surface area contributed by atoms with E-state index in [2.05, 4.69) is 12.2 Å². The fourth-order valence-corrected chi connectivity index (χ4v) is 4.98. The lowest BCUT2D eigenvalue weighted by molar-refractivity contribution is -0.139. The van der Waals surface area contributed by atoms with Gasteiger partial charge in [0.1, 0.15) is 6.04 Å². The van der Waals surface area contributed by atoms with Gasteiger partial charge in [-0.3, -0.25) is 9.59 Å². The molecule has 1 unspecified atom stereocenters. The van der Waals surface area contributed by atoms with Gasteiger partial charge in [-0.15, -0.1) is 11.8 Å². The Morgan fingerprint density at radius 2 is 1.54 bits per heavy atom. The number of unbranched alkanes of at least 4 members (excludes halogenated alkanes) is 1. The lowest BCUT2D eigenvalue weighted by atomic mass is 10.0. The Balaban J connectivity index is 1.93. The third-order valence-corrected chi connectivity index (χ3v) is 7.30. The van der Waals surface area contributed by atoms with E-state index >= 15 is 0 Å². The van der Waals surface area contributed by atoms with Gasteiger partial charge in [0.15, 0.2) is 0 Å². The summed E-state index contributed by atoms with van der Waals surface area (Å²) in [6.07, 6.45) is 2.23. The number of hydrogen-bond acceptors (Lipinski definition) is 3. The Kier molecular flexibility index (Phi) is 11.0. The largest absolute Gasteiger partial charge is 0.354 e. The summed E-state index contributed by atoms with van der Waals surface area (Å²) in [7, 11) is 0. The van der Waals surface area contributed by atoms with Crippen molar-refractivity contribution in [2.24, 2.45) is 0 Å². The highest BCUT2D eigenvalue weighted by molar-refractivity contribution is 8.00. The van der Waals surface area contributed by atoms with E-state index in [1.54, 1.807) is 23.1 Å². The van der Waals surface area contributed by atoms with Crippen molar-refractivity contribution >= 4 is 46.8 Å². The van der Waals surface area contributed by atoms with Crippen molar-refractivity contribution in [3.8, 4) is 0 Å². The number of rotatable bonds is 12. The molecular formula is C28H30Cl2N2O2S. The highest BCUT2D eigenvalue weighted by Crippen LogP contribution is 2.28. The molecule has 7 heteroatoms. The molecule has 0 aliphatic carbocycles. The van der Waals surface area contributed by atoms with Crippen LogP contribution in [0.2, 0.25) is 10.0 Å². The normalized spacial score (nSPS) is 11.6. The van der Waals surface area contributed by atoms with Crippen LogP contribution in [0.4, 0.5) is 0 Å². The van der Waals surface area contributed by atoms with E-state index < -0.39 is 6.04 Å². The lowest BCUT2D eigenvalue weighted by Gasteiger charge is -2.32. The van der Waals surface area contributed by atoms with Gasteiger partial charge in [-0.1, -0.05) is 91.1 Å². The van der Waals surface area contributed by atoms with Crippen LogP contribution >= 0.6 is 35.0 Å². The zero-order valence-electron chi connectivity index (χ0n) is 19.8. The van der Waals surface area contributed by atoms with Gasteiger partial charge >= 0.3 is 0 Å². The summed E-state index contributed by atoms with van der Waals surface area (Å²) in [5, 5.41) is 3.96. The molecule has 1 N–H and O–H groups in total. The average Bonchev–Trinajstić information content (AvgIpc) is 2.87. The molecule has 4 nitrogen and oxygen atoms in total. The molecular weight excluding hydrogens is 499 g/mol. The maximum atomic E-state index is 13.6. The molecule has 0 heterocycles. The number of carbonyl (C=O) groups excluding carboxylic acids is 2. The molecule has 0 spiro atoms. The van der Waals surface area contributed by atoms with Crippen LogP contribution in [0.25, 0.3) is 0 Å². The van der Waals surface area contributed by atoms with Crippen LogP contribution in [-0.4, -0.2) is 35.1 Å². The molecule has 2 amide bonds. The molecule has 184 valence electrons. The Hall–Kier alpha value is -2.47. The Morgan fingerprint density at radius 3 is 2.17 bits per heavy atom. The Morgan fingerprint density at radius 1 is 0.914 bits per heavy atom. The molecule has 0 radical (unpaired) electrons. The standard InChI is InChI=1S/C28H30Cl2N2O2S/c1-2-3-17-31-28(34)26(18-21-11-6-4-7-12-21)32(19-23-24(29)15-10-16-25(23)30)27(33)20-35-22-13-8-5-9-14-22/h4-16,26H,2-3,17-20H2,1H3,(H,31,34). The number of carbonyl (C=O) groups is 2. The number of benzene rings is 3. The molecule has 0 aromatic heterocycles. The first kappa shape index (κ1) is 27.1. The lowest BCUT2D eigenvalue weighted by Crippen LogP contribution is -2.51. The minimum Gasteiger partial charge on any atom is -0.354 e. The Labute approximate surface area is 222 Å². The molecule has 3 aromatic rings. The van der Waals surface area contributed by atoms with E-state index in [-0.39, 0.29) is 24.1 Å². The minimum atomic E-state index is -0.703. The van der Waals surface area contributed by atoms with Crippen LogP contribution < -0.4 is 5.32 Å². The van der Waals surface area contributed by atoms with Gasteiger partial charge in [-0.25, -0.2) is 0 Å². The maximum Gasteiger partial charge on any atom is 0.243 e. The zero-order chi connectivity index (χ0) is 25.0. The van der Waals surface area contributed by atoms with E-state index in [9.17, 15) is 9.59 Å². The van der Waals surface area contributed by atoms with E-state index in [0.717, 1.165) is 23.3 Å². The first-order valence-electron chi connectivity index (χ1n) is 11.7. The van der Waals surface area contributed by atoms with Gasteiger partial charge in [0, 0.05) is 40.0 Å². The van der Waals surface area contributed by atoms with Crippen LogP contribution in [-0.2, 0) is 22.6 Å². The van der Waals surface area contributed by atoms with Crippen molar-refractivity contribution in [3.05, 3.63) is 100 Å². The fraction of sp³-hybridized carbons (Fsp3) is 0.286. The third kappa shape index (κ3) is 8.31. The molecule has 0 saturated heterocycles. The zero-order valence-corrected chi connectivity index (χ0v) is 22.1. The molecule has 1 atom stereocenters. The van der Waals surface area contributed by atoms with Crippen molar-refractivity contribution in [1.29, 1.82) is 0 Å². The highest BCUT2D eigenvalue weighted by Gasteiger charge is 2.31. The van der Waals surface area contributed by atoms with Gasteiger partial charge in [0.2, 0.25) is 11.8 Å². The predicted octanol–water partition coefficient (Wildman–Crippen LogP) is 6.64. The van der Waals surface area contributed by atoms with Crippen molar-refractivity contribution in [2.45, 2.75) is 43.7 Å². The summed E-state index contributed by atoms with van der Waals surface area (Å²) in [4.78, 5) is 29.7. The molecule has 35 heavy (non-hydrogen) atoms. The summed E-state index contributed by atoms with van der Waals surface area (Å²) in [6.45, 7) is 2.78. The van der Waals surface area contributed by atoms with Crippen molar-refractivity contribution in [2.75, 3.05) is 12.3 Å². The van der Waals surface area contributed by atoms with Crippen LogP contribution in [0.1, 0.15) is 30.9 Å². The van der Waals surface area contributed by atoms with E-state index in [4.69, 9.17) is 23.2 Å². The van der Waals surface area contributed by atoms with Crippen molar-refractivity contribution < 1.29 is 9.59 Å². The summed E-state index contributed by atoms with van der Waals surface area (Å²) in [6, 6.07) is 24.0. The van der Waals surface area contributed by atoms with Crippen LogP contribution in [0.15, 0.2) is 83.8 Å². The molecule has 0 saturated carbocycles. The number of halogens is 2.